The van der Waals surface area contributed by atoms with E-state index in [2.05, 4.69) is 84.0 Å². The SMILES string of the molecule is CC1(C)CCN(c2cccc(NC(=O)C3(NC(=O)OCC4c5ccccc5-c5ccccc54)CCN(C(=O)OCC4c5ccccc5-c5ccccc54)CC3)c2)CC1. The number of nitrogens with one attached hydrogen (secondary N) is 2. The first-order valence-corrected chi connectivity index (χ1v) is 20.6. The highest BCUT2D eigenvalue weighted by Crippen LogP contribution is 2.46. The van der Waals surface area contributed by atoms with Gasteiger partial charge in [-0.2, -0.15) is 0 Å². The standard InChI is InChI=1S/C49H50N4O5/c1-48(2)22-26-52(27-23-48)34-13-11-12-33(30-34)50-45(54)49(51-46(55)57-31-43-39-18-7-3-14-35(39)36-15-4-8-19-40(36)43)24-28-53(29-25-49)47(56)58-32-44-41-20-9-5-16-37(41)38-17-6-10-21-42(38)44/h3-21,30,43-44H,22-29,31-32H2,1-2H3,(H,50,54)(H,51,55). The molecule has 2 saturated heterocycles. The molecule has 4 aliphatic rings. The van der Waals surface area contributed by atoms with Crippen LogP contribution < -0.4 is 15.5 Å². The highest BCUT2D eigenvalue weighted by molar-refractivity contribution is 6.00. The largest absolute Gasteiger partial charge is 0.449 e. The van der Waals surface area contributed by atoms with Crippen molar-refractivity contribution in [2.45, 2.75) is 56.9 Å². The van der Waals surface area contributed by atoms with Gasteiger partial charge in [-0.25, -0.2) is 9.59 Å². The lowest BCUT2D eigenvalue weighted by Gasteiger charge is -2.40. The Morgan fingerprint density at radius 3 is 1.60 bits per heavy atom. The van der Waals surface area contributed by atoms with Crippen LogP contribution in [0.25, 0.3) is 22.3 Å². The monoisotopic (exact) mass is 774 g/mol. The van der Waals surface area contributed by atoms with Gasteiger partial charge in [-0.1, -0.05) is 117 Å². The molecule has 2 heterocycles. The van der Waals surface area contributed by atoms with Gasteiger partial charge in [0.1, 0.15) is 18.8 Å². The fraction of sp³-hybridized carbons (Fsp3) is 0.327. The number of carbonyl (C=O) groups is 3. The van der Waals surface area contributed by atoms with Crippen molar-refractivity contribution in [1.82, 2.24) is 10.2 Å². The van der Waals surface area contributed by atoms with E-state index in [0.29, 0.717) is 11.1 Å². The van der Waals surface area contributed by atoms with Crippen molar-refractivity contribution < 1.29 is 23.9 Å². The Hall–Kier alpha value is -6.09. The number of likely N-dealkylation sites (tertiary alicyclic amines) is 1. The zero-order valence-electron chi connectivity index (χ0n) is 33.2. The number of benzene rings is 5. The summed E-state index contributed by atoms with van der Waals surface area (Å²) in [5.74, 6) is -0.528. The highest BCUT2D eigenvalue weighted by Gasteiger charge is 2.45. The Bertz CT molecular complexity index is 2260. The summed E-state index contributed by atoms with van der Waals surface area (Å²) in [6.45, 7) is 7.28. The molecule has 0 saturated carbocycles. The van der Waals surface area contributed by atoms with Crippen LogP contribution in [0.5, 0.6) is 0 Å². The van der Waals surface area contributed by atoms with Crippen LogP contribution in [0.2, 0.25) is 0 Å². The van der Waals surface area contributed by atoms with Gasteiger partial charge in [0, 0.05) is 49.4 Å². The van der Waals surface area contributed by atoms with Gasteiger partial charge in [-0.3, -0.25) is 4.79 Å². The van der Waals surface area contributed by atoms with Crippen LogP contribution >= 0.6 is 0 Å². The Morgan fingerprint density at radius 2 is 1.09 bits per heavy atom. The van der Waals surface area contributed by atoms with Gasteiger partial charge < -0.3 is 29.9 Å². The number of alkyl carbamates (subject to hydrolysis) is 1. The molecule has 58 heavy (non-hydrogen) atoms. The van der Waals surface area contributed by atoms with E-state index in [1.54, 1.807) is 4.90 Å². The molecule has 2 fully saturated rings. The second kappa shape index (κ2) is 15.3. The maximum Gasteiger partial charge on any atom is 0.409 e. The van der Waals surface area contributed by atoms with Crippen molar-refractivity contribution in [3.05, 3.63) is 144 Å². The molecule has 0 bridgehead atoms. The first-order valence-electron chi connectivity index (χ1n) is 20.6. The predicted octanol–water partition coefficient (Wildman–Crippen LogP) is 9.57. The highest BCUT2D eigenvalue weighted by atomic mass is 16.6. The molecule has 9 rings (SSSR count). The van der Waals surface area contributed by atoms with Gasteiger partial charge in [0.05, 0.1) is 0 Å². The van der Waals surface area contributed by atoms with E-state index in [-0.39, 0.29) is 56.9 Å². The van der Waals surface area contributed by atoms with Crippen LogP contribution in [0.4, 0.5) is 21.0 Å². The summed E-state index contributed by atoms with van der Waals surface area (Å²) in [5, 5.41) is 6.14. The number of rotatable bonds is 8. The van der Waals surface area contributed by atoms with E-state index in [1.807, 2.05) is 66.7 Å². The molecule has 9 nitrogen and oxygen atoms in total. The summed E-state index contributed by atoms with van der Waals surface area (Å²) >= 11 is 0. The van der Waals surface area contributed by atoms with E-state index in [9.17, 15) is 14.4 Å². The van der Waals surface area contributed by atoms with Crippen LogP contribution in [0, 0.1) is 5.41 Å². The number of ether oxygens (including phenoxy) is 2. The molecule has 2 aliphatic heterocycles. The van der Waals surface area contributed by atoms with Crippen LogP contribution in [-0.2, 0) is 14.3 Å². The average molecular weight is 775 g/mol. The number of amides is 3. The first-order chi connectivity index (χ1) is 28.2. The lowest BCUT2D eigenvalue weighted by Crippen LogP contribution is -2.62. The lowest BCUT2D eigenvalue weighted by atomic mass is 9.82. The molecule has 0 radical (unpaired) electrons. The molecule has 2 aliphatic carbocycles. The number of fused-ring (bicyclic) bond motifs is 6. The van der Waals surface area contributed by atoms with E-state index < -0.39 is 17.7 Å². The molecule has 0 unspecified atom stereocenters. The molecular formula is C49H50N4O5. The Balaban J connectivity index is 0.899. The summed E-state index contributed by atoms with van der Waals surface area (Å²) in [4.78, 5) is 45.9. The number of hydrogen-bond acceptors (Lipinski definition) is 6. The smallest absolute Gasteiger partial charge is 0.409 e. The van der Waals surface area contributed by atoms with Crippen molar-refractivity contribution in [2.24, 2.45) is 5.41 Å². The molecule has 0 atom stereocenters. The van der Waals surface area contributed by atoms with Crippen molar-refractivity contribution in [2.75, 3.05) is 49.6 Å². The molecule has 2 N–H and O–H groups in total. The molecule has 3 amide bonds. The van der Waals surface area contributed by atoms with E-state index >= 15 is 0 Å². The van der Waals surface area contributed by atoms with E-state index in [4.69, 9.17) is 9.47 Å². The predicted molar refractivity (Wildman–Crippen MR) is 227 cm³/mol. The summed E-state index contributed by atoms with van der Waals surface area (Å²) in [7, 11) is 0. The van der Waals surface area contributed by atoms with Crippen LogP contribution in [-0.4, -0.2) is 67.9 Å². The summed E-state index contributed by atoms with van der Waals surface area (Å²) in [6.07, 6.45) is 1.46. The Morgan fingerprint density at radius 1 is 0.603 bits per heavy atom. The molecule has 5 aromatic carbocycles. The van der Waals surface area contributed by atoms with Gasteiger partial charge >= 0.3 is 12.2 Å². The molecule has 0 spiro atoms. The second-order valence-electron chi connectivity index (χ2n) is 17.0. The average Bonchev–Trinajstić information content (AvgIpc) is 3.74. The topological polar surface area (TPSA) is 100 Å². The van der Waals surface area contributed by atoms with Crippen molar-refractivity contribution in [1.29, 1.82) is 0 Å². The van der Waals surface area contributed by atoms with Crippen molar-refractivity contribution >= 4 is 29.5 Å². The van der Waals surface area contributed by atoms with Crippen LogP contribution in [0.1, 0.15) is 73.6 Å². The molecule has 0 aromatic heterocycles. The maximum absolute atomic E-state index is 14.5. The van der Waals surface area contributed by atoms with Crippen molar-refractivity contribution in [3.8, 4) is 22.3 Å². The molecule has 296 valence electrons. The number of hydrogen-bond donors (Lipinski definition) is 2. The zero-order chi connectivity index (χ0) is 39.9. The zero-order valence-corrected chi connectivity index (χ0v) is 33.2. The normalized spacial score (nSPS) is 17.7. The number of anilines is 2. The number of piperidine rings is 2. The quantitative estimate of drug-likeness (QED) is 0.163. The van der Waals surface area contributed by atoms with E-state index in [0.717, 1.165) is 76.1 Å². The minimum atomic E-state index is -1.33. The van der Waals surface area contributed by atoms with Crippen molar-refractivity contribution in [3.63, 3.8) is 0 Å². The maximum atomic E-state index is 14.5. The van der Waals surface area contributed by atoms with E-state index in [1.165, 1.54) is 0 Å². The second-order valence-corrected chi connectivity index (χ2v) is 17.0. The van der Waals surface area contributed by atoms with Gasteiger partial charge in [0.2, 0.25) is 5.91 Å². The fourth-order valence-corrected chi connectivity index (χ4v) is 9.40. The van der Waals surface area contributed by atoms with Gasteiger partial charge in [0.25, 0.3) is 0 Å². The summed E-state index contributed by atoms with van der Waals surface area (Å²) in [5.41, 5.74) is 9.81. The lowest BCUT2D eigenvalue weighted by molar-refractivity contribution is -0.124. The third-order valence-electron chi connectivity index (χ3n) is 12.9. The van der Waals surface area contributed by atoms with Crippen LogP contribution in [0.15, 0.2) is 121 Å². The summed E-state index contributed by atoms with van der Waals surface area (Å²) < 4.78 is 12.0. The van der Waals surface area contributed by atoms with Gasteiger partial charge in [-0.15, -0.1) is 0 Å². The third kappa shape index (κ3) is 7.18. The fourth-order valence-electron chi connectivity index (χ4n) is 9.40. The number of nitrogens with zero attached hydrogens (tertiary/aromatic N) is 2. The van der Waals surface area contributed by atoms with Crippen LogP contribution in [0.3, 0.4) is 0 Å². The molecular weight excluding hydrogens is 725 g/mol. The molecule has 9 heteroatoms. The first kappa shape index (κ1) is 37.5. The molecule has 5 aromatic rings. The third-order valence-corrected chi connectivity index (χ3v) is 12.9. The van der Waals surface area contributed by atoms with Gasteiger partial charge in [0.15, 0.2) is 0 Å². The minimum Gasteiger partial charge on any atom is -0.449 e. The van der Waals surface area contributed by atoms with Gasteiger partial charge in [-0.05, 0) is 93.8 Å². The minimum absolute atomic E-state index is 0.0616. The number of carbonyl (C=O) groups excluding carboxylic acids is 3. The Labute approximate surface area is 340 Å². The Kier molecular flexibility index (Phi) is 9.92. The summed E-state index contributed by atoms with van der Waals surface area (Å²) in [6, 6.07) is 40.8.